The molecule has 4 heterocycles. The van der Waals surface area contributed by atoms with Crippen molar-refractivity contribution in [3.63, 3.8) is 0 Å². The second-order valence-corrected chi connectivity index (χ2v) is 19.4. The second kappa shape index (κ2) is 13.7. The molecule has 2 aliphatic carbocycles. The van der Waals surface area contributed by atoms with Crippen LogP contribution in [0.25, 0.3) is 10.9 Å². The lowest BCUT2D eigenvalue weighted by Crippen LogP contribution is -2.58. The van der Waals surface area contributed by atoms with E-state index in [2.05, 4.69) is 20.3 Å². The van der Waals surface area contributed by atoms with Crippen LogP contribution < -0.4 is 20.1 Å². The van der Waals surface area contributed by atoms with E-state index in [0.717, 1.165) is 25.0 Å². The number of nitrogens with zero attached hydrogens (tertiary/aromatic N) is 2. The van der Waals surface area contributed by atoms with Crippen LogP contribution in [0.1, 0.15) is 103 Å². The van der Waals surface area contributed by atoms with Gasteiger partial charge in [-0.05, 0) is 92.1 Å². The number of benzene rings is 1. The van der Waals surface area contributed by atoms with Gasteiger partial charge in [-0.25, -0.2) is 27.0 Å². The number of halogens is 2. The summed E-state index contributed by atoms with van der Waals surface area (Å²) >= 11 is 0. The number of allylic oxidation sites excluding steroid dienone is 1. The second-order valence-electron chi connectivity index (χ2n) is 17.2. The molecule has 1 saturated heterocycles. The smallest absolute Gasteiger partial charge is 0.408 e. The highest BCUT2D eigenvalue weighted by Gasteiger charge is 2.64. The first kappa shape index (κ1) is 38.9. The summed E-state index contributed by atoms with van der Waals surface area (Å²) in [5.74, 6) is -4.21. The number of aryl methyl sites for hydroxylation is 2. The predicted octanol–water partition coefficient (Wildman–Crippen LogP) is 4.77. The highest BCUT2D eigenvalue weighted by Crippen LogP contribution is 2.49. The van der Waals surface area contributed by atoms with Gasteiger partial charge >= 0.3 is 6.09 Å². The van der Waals surface area contributed by atoms with Crippen LogP contribution in [-0.2, 0) is 35.6 Å². The largest absolute Gasteiger partial charge is 0.483 e. The first-order valence-electron chi connectivity index (χ1n) is 19.1. The summed E-state index contributed by atoms with van der Waals surface area (Å²) in [6.07, 6.45) is 7.61. The maximum atomic E-state index is 14.7. The third kappa shape index (κ3) is 7.50. The molecule has 13 nitrogen and oxygen atoms in total. The summed E-state index contributed by atoms with van der Waals surface area (Å²) in [5.41, 5.74) is -2.21. The van der Waals surface area contributed by atoms with Crippen LogP contribution in [0, 0.1) is 24.5 Å². The van der Waals surface area contributed by atoms with E-state index in [9.17, 15) is 36.4 Å². The minimum absolute atomic E-state index is 0.00694. The lowest BCUT2D eigenvalue weighted by atomic mass is 9.87. The number of rotatable bonds is 4. The van der Waals surface area contributed by atoms with Crippen LogP contribution in [-0.4, -0.2) is 82.2 Å². The summed E-state index contributed by atoms with van der Waals surface area (Å²) in [5, 5.41) is 6.01. The summed E-state index contributed by atoms with van der Waals surface area (Å²) < 4.78 is 68.3. The molecule has 5 unspecified atom stereocenters. The average Bonchev–Trinajstić information content (AvgIpc) is 3.98. The highest BCUT2D eigenvalue weighted by atomic mass is 32.2. The molecule has 2 saturated carbocycles. The van der Waals surface area contributed by atoms with Crippen LogP contribution in [0.15, 0.2) is 24.3 Å². The Balaban J connectivity index is 1.24. The van der Waals surface area contributed by atoms with Gasteiger partial charge in [0.25, 0.3) is 5.91 Å². The molecule has 1 aromatic heterocycles. The molecule has 4 amide bonds. The highest BCUT2D eigenvalue weighted by molar-refractivity contribution is 7.91. The molecule has 5 aliphatic rings. The van der Waals surface area contributed by atoms with Crippen LogP contribution in [0.5, 0.6) is 5.75 Å². The molecule has 3 N–H and O–H groups in total. The molecular weight excluding hydrogens is 737 g/mol. The number of fused-ring (bicyclic) bond motifs is 5. The molecule has 0 bridgehead atoms. The topological polar surface area (TPSA) is 173 Å². The number of amides is 4. The summed E-state index contributed by atoms with van der Waals surface area (Å²) in [6.45, 7) is 8.31. The van der Waals surface area contributed by atoms with E-state index in [-0.39, 0.29) is 31.3 Å². The quantitative estimate of drug-likeness (QED) is 0.369. The standard InChI is InChI=1S/C39H49F2N5O8S/c1-22-31-24(25-17-26(40)27(41)18-29(25)42-22)13-14-38(53-31)20-30-32(47)44-39(34(49)45-55(51,52)37(5)15-16-37)19-23(39)11-9-7-6-8-10-12-28(33(48)46(30)21-38)43-35(50)54-36(2,3)4/h9,11,17-18,23,28,30H,6-8,10,12-16,19-21H2,1-5H3,(H,43,50)(H,44,47)(H,45,49). The van der Waals surface area contributed by atoms with Crippen molar-refractivity contribution >= 4 is 44.7 Å². The molecule has 1 aromatic carbocycles. The first-order chi connectivity index (χ1) is 25.8. The van der Waals surface area contributed by atoms with Crippen LogP contribution >= 0.6 is 0 Å². The summed E-state index contributed by atoms with van der Waals surface area (Å²) in [7, 11) is -4.03. The Bertz CT molecular complexity index is 2100. The molecule has 2 aromatic rings. The van der Waals surface area contributed by atoms with Gasteiger partial charge in [0.2, 0.25) is 21.8 Å². The number of hydrogen-bond acceptors (Lipinski definition) is 9. The van der Waals surface area contributed by atoms with Crippen molar-refractivity contribution in [1.29, 1.82) is 0 Å². The Labute approximate surface area is 319 Å². The first-order valence-corrected chi connectivity index (χ1v) is 20.6. The van der Waals surface area contributed by atoms with E-state index >= 15 is 0 Å². The van der Waals surface area contributed by atoms with Gasteiger partial charge in [-0.2, -0.15) is 0 Å². The number of carbonyl (C=O) groups is 4. The number of ether oxygens (including phenoxy) is 2. The molecule has 55 heavy (non-hydrogen) atoms. The number of hydrogen-bond donors (Lipinski definition) is 3. The van der Waals surface area contributed by atoms with Gasteiger partial charge in [-0.3, -0.25) is 19.1 Å². The van der Waals surface area contributed by atoms with Crippen LogP contribution in [0.2, 0.25) is 0 Å². The molecule has 5 atom stereocenters. The molecule has 3 aliphatic heterocycles. The molecule has 1 spiro atoms. The zero-order chi connectivity index (χ0) is 39.7. The Hall–Kier alpha value is -4.34. The fourth-order valence-corrected chi connectivity index (χ4v) is 9.45. The van der Waals surface area contributed by atoms with Crippen LogP contribution in [0.4, 0.5) is 13.6 Å². The molecule has 3 fully saturated rings. The van der Waals surface area contributed by atoms with Crippen molar-refractivity contribution in [2.45, 2.75) is 139 Å². The summed E-state index contributed by atoms with van der Waals surface area (Å²) in [4.78, 5) is 62.1. The van der Waals surface area contributed by atoms with E-state index in [1.807, 2.05) is 12.2 Å². The van der Waals surface area contributed by atoms with E-state index < -0.39 is 85.0 Å². The predicted molar refractivity (Wildman–Crippen MR) is 197 cm³/mol. The fraction of sp³-hybridized carbons (Fsp3) is 0.615. The Morgan fingerprint density at radius 1 is 1.07 bits per heavy atom. The maximum Gasteiger partial charge on any atom is 0.408 e. The van der Waals surface area contributed by atoms with Crippen molar-refractivity contribution in [3.05, 3.63) is 47.2 Å². The Morgan fingerprint density at radius 2 is 1.80 bits per heavy atom. The average molecular weight is 786 g/mol. The minimum atomic E-state index is -4.03. The van der Waals surface area contributed by atoms with Gasteiger partial charge in [-0.15, -0.1) is 0 Å². The van der Waals surface area contributed by atoms with E-state index in [4.69, 9.17) is 9.47 Å². The van der Waals surface area contributed by atoms with Gasteiger partial charge in [-0.1, -0.05) is 25.0 Å². The van der Waals surface area contributed by atoms with Crippen molar-refractivity contribution in [1.82, 2.24) is 25.2 Å². The van der Waals surface area contributed by atoms with Gasteiger partial charge < -0.3 is 25.0 Å². The molecule has 298 valence electrons. The van der Waals surface area contributed by atoms with E-state index in [1.165, 1.54) is 4.90 Å². The number of pyridine rings is 1. The van der Waals surface area contributed by atoms with E-state index in [1.54, 1.807) is 34.6 Å². The number of sulfonamides is 1. The summed E-state index contributed by atoms with van der Waals surface area (Å²) in [6, 6.07) is -0.112. The third-order valence-corrected chi connectivity index (χ3v) is 13.9. The molecular formula is C39H49F2N5O8S. The molecule has 0 radical (unpaired) electrons. The van der Waals surface area contributed by atoms with Gasteiger partial charge in [0.15, 0.2) is 11.6 Å². The fourth-order valence-electron chi connectivity index (χ4n) is 8.14. The maximum absolute atomic E-state index is 14.7. The number of nitrogens with one attached hydrogen (secondary N) is 3. The lowest BCUT2D eigenvalue weighted by Gasteiger charge is -2.36. The number of alkyl carbamates (subject to hydrolysis) is 1. The Morgan fingerprint density at radius 3 is 2.51 bits per heavy atom. The van der Waals surface area contributed by atoms with Crippen molar-refractivity contribution in [2.75, 3.05) is 6.54 Å². The molecule has 7 rings (SSSR count). The monoisotopic (exact) mass is 785 g/mol. The molecule has 16 heteroatoms. The van der Waals surface area contributed by atoms with Gasteiger partial charge in [0.1, 0.15) is 34.6 Å². The van der Waals surface area contributed by atoms with Crippen LogP contribution in [0.3, 0.4) is 0 Å². The van der Waals surface area contributed by atoms with Crippen molar-refractivity contribution in [2.24, 2.45) is 5.92 Å². The van der Waals surface area contributed by atoms with Crippen molar-refractivity contribution < 1.29 is 45.9 Å². The normalized spacial score (nSPS) is 29.1. The van der Waals surface area contributed by atoms with Gasteiger partial charge in [0.05, 0.1) is 22.5 Å². The number of aromatic nitrogens is 1. The minimum Gasteiger partial charge on any atom is -0.483 e. The van der Waals surface area contributed by atoms with E-state index in [0.29, 0.717) is 60.9 Å². The lowest BCUT2D eigenvalue weighted by molar-refractivity contribution is -0.141. The Kier molecular flexibility index (Phi) is 9.69. The SMILES string of the molecule is Cc1nc2cc(F)c(F)cc2c2c1OC1(CC2)CC2C(=O)NC3(C(=O)NS(=O)(=O)C4(C)CC4)CC3C=CCCCCCC(NC(=O)OC(C)(C)C)C(=O)N2C1. The third-order valence-electron chi connectivity index (χ3n) is 11.7. The number of carbonyl (C=O) groups excluding carboxylic acids is 4. The van der Waals surface area contributed by atoms with Gasteiger partial charge in [0, 0.05) is 29.4 Å². The van der Waals surface area contributed by atoms with Crippen molar-refractivity contribution in [3.8, 4) is 5.75 Å². The zero-order valence-electron chi connectivity index (χ0n) is 31.9. The zero-order valence-corrected chi connectivity index (χ0v) is 32.7.